The molecular formula is C14H25N3O. The van der Waals surface area contributed by atoms with E-state index in [1.165, 1.54) is 0 Å². The summed E-state index contributed by atoms with van der Waals surface area (Å²) in [7, 11) is 0. The molecule has 0 aliphatic carbocycles. The quantitative estimate of drug-likeness (QED) is 0.823. The minimum atomic E-state index is -0.322. The Morgan fingerprint density at radius 2 is 2.17 bits per heavy atom. The second kappa shape index (κ2) is 6.01. The van der Waals surface area contributed by atoms with Crippen molar-refractivity contribution < 1.29 is 4.74 Å². The van der Waals surface area contributed by atoms with Crippen LogP contribution >= 0.6 is 0 Å². The number of hydrogen-bond acceptors (Lipinski definition) is 4. The van der Waals surface area contributed by atoms with Gasteiger partial charge in [-0.3, -0.25) is 5.32 Å². The molecule has 2 rings (SSSR count). The van der Waals surface area contributed by atoms with Crippen LogP contribution in [0.3, 0.4) is 0 Å². The van der Waals surface area contributed by atoms with E-state index < -0.39 is 0 Å². The predicted octanol–water partition coefficient (Wildman–Crippen LogP) is 1.52. The number of nitriles is 1. The molecule has 0 aromatic rings. The lowest BCUT2D eigenvalue weighted by molar-refractivity contribution is 0.0897. The highest BCUT2D eigenvalue weighted by atomic mass is 16.5. The second-order valence-corrected chi connectivity index (χ2v) is 5.84. The molecule has 2 fully saturated rings. The van der Waals surface area contributed by atoms with Crippen molar-refractivity contribution in [3.05, 3.63) is 0 Å². The maximum atomic E-state index is 9.47. The highest BCUT2D eigenvalue weighted by Crippen LogP contribution is 2.23. The zero-order valence-electron chi connectivity index (χ0n) is 11.6. The van der Waals surface area contributed by atoms with Gasteiger partial charge in [-0.25, -0.2) is 0 Å². The Morgan fingerprint density at radius 3 is 2.67 bits per heavy atom. The van der Waals surface area contributed by atoms with Crippen molar-refractivity contribution in [1.29, 1.82) is 5.26 Å². The molecule has 4 heteroatoms. The fraction of sp³-hybridized carbons (Fsp3) is 0.929. The summed E-state index contributed by atoms with van der Waals surface area (Å²) in [6.07, 6.45) is 4.46. The molecule has 1 N–H and O–H groups in total. The number of hydrogen-bond donors (Lipinski definition) is 1. The Hall–Kier alpha value is -0.630. The molecule has 1 atom stereocenters. The fourth-order valence-corrected chi connectivity index (χ4v) is 2.86. The number of piperidine rings is 1. The van der Waals surface area contributed by atoms with E-state index in [4.69, 9.17) is 4.74 Å². The van der Waals surface area contributed by atoms with E-state index in [1.807, 2.05) is 0 Å². The van der Waals surface area contributed by atoms with Gasteiger partial charge in [-0.05, 0) is 39.5 Å². The lowest BCUT2D eigenvalue weighted by Crippen LogP contribution is -2.55. The summed E-state index contributed by atoms with van der Waals surface area (Å²) in [5.41, 5.74) is -0.322. The van der Waals surface area contributed by atoms with Crippen molar-refractivity contribution in [2.24, 2.45) is 0 Å². The third kappa shape index (κ3) is 3.23. The molecule has 2 saturated heterocycles. The number of likely N-dealkylation sites (tertiary alicyclic amines) is 1. The molecule has 1 unspecified atom stereocenters. The van der Waals surface area contributed by atoms with Crippen LogP contribution in [-0.2, 0) is 4.74 Å². The molecule has 0 aromatic heterocycles. The number of nitrogens with one attached hydrogen (secondary N) is 1. The first-order valence-electron chi connectivity index (χ1n) is 7.17. The second-order valence-electron chi connectivity index (χ2n) is 5.84. The van der Waals surface area contributed by atoms with Gasteiger partial charge in [-0.15, -0.1) is 0 Å². The SMILES string of the molecule is CC(C)N1CCC(C#N)(NCC2CCCO2)CC1. The average Bonchev–Trinajstić information content (AvgIpc) is 2.90. The monoisotopic (exact) mass is 251 g/mol. The molecule has 0 amide bonds. The molecular weight excluding hydrogens is 226 g/mol. The van der Waals surface area contributed by atoms with E-state index in [0.717, 1.165) is 51.9 Å². The molecule has 102 valence electrons. The van der Waals surface area contributed by atoms with Gasteiger partial charge in [0.1, 0.15) is 5.54 Å². The van der Waals surface area contributed by atoms with Gasteiger partial charge >= 0.3 is 0 Å². The lowest BCUT2D eigenvalue weighted by atomic mass is 9.88. The average molecular weight is 251 g/mol. The number of nitrogens with zero attached hydrogens (tertiary/aromatic N) is 2. The van der Waals surface area contributed by atoms with Crippen LogP contribution in [0.4, 0.5) is 0 Å². The Morgan fingerprint density at radius 1 is 1.44 bits per heavy atom. The molecule has 2 aliphatic heterocycles. The number of rotatable bonds is 4. The molecule has 0 spiro atoms. The van der Waals surface area contributed by atoms with Crippen LogP contribution in [0.5, 0.6) is 0 Å². The highest BCUT2D eigenvalue weighted by molar-refractivity contribution is 5.10. The van der Waals surface area contributed by atoms with Crippen molar-refractivity contribution in [2.75, 3.05) is 26.2 Å². The number of ether oxygens (including phenoxy) is 1. The summed E-state index contributed by atoms with van der Waals surface area (Å²) < 4.78 is 5.61. The molecule has 18 heavy (non-hydrogen) atoms. The van der Waals surface area contributed by atoms with E-state index in [-0.39, 0.29) is 5.54 Å². The Bertz CT molecular complexity index is 297. The molecule has 2 aliphatic rings. The molecule has 0 saturated carbocycles. The standard InChI is InChI=1S/C14H25N3O/c1-12(2)17-7-5-14(11-15,6-8-17)16-10-13-4-3-9-18-13/h12-13,16H,3-10H2,1-2H3. The van der Waals surface area contributed by atoms with Crippen molar-refractivity contribution in [3.8, 4) is 6.07 Å². The van der Waals surface area contributed by atoms with Crippen LogP contribution in [0, 0.1) is 11.3 Å². The van der Waals surface area contributed by atoms with Crippen molar-refractivity contribution in [1.82, 2.24) is 10.2 Å². The maximum absolute atomic E-state index is 9.47. The van der Waals surface area contributed by atoms with Crippen LogP contribution in [0.1, 0.15) is 39.5 Å². The van der Waals surface area contributed by atoms with E-state index in [2.05, 4.69) is 30.1 Å². The third-order valence-corrected chi connectivity index (χ3v) is 4.29. The smallest absolute Gasteiger partial charge is 0.109 e. The Labute approximate surface area is 110 Å². The molecule has 4 nitrogen and oxygen atoms in total. The van der Waals surface area contributed by atoms with Crippen LogP contribution in [0.25, 0.3) is 0 Å². The van der Waals surface area contributed by atoms with Crippen LogP contribution in [-0.4, -0.2) is 48.8 Å². The normalized spacial score (nSPS) is 28.4. The fourth-order valence-electron chi connectivity index (χ4n) is 2.86. The summed E-state index contributed by atoms with van der Waals surface area (Å²) in [5.74, 6) is 0. The highest BCUT2D eigenvalue weighted by Gasteiger charge is 2.35. The van der Waals surface area contributed by atoms with Gasteiger partial charge in [-0.1, -0.05) is 0 Å². The zero-order chi connectivity index (χ0) is 13.0. The molecule has 0 aromatic carbocycles. The summed E-state index contributed by atoms with van der Waals surface area (Å²) in [4.78, 5) is 2.45. The molecule has 2 heterocycles. The van der Waals surface area contributed by atoms with E-state index in [9.17, 15) is 5.26 Å². The Balaban J connectivity index is 1.82. The van der Waals surface area contributed by atoms with E-state index in [0.29, 0.717) is 12.1 Å². The molecule has 0 bridgehead atoms. The van der Waals surface area contributed by atoms with Crippen LogP contribution in [0.2, 0.25) is 0 Å². The largest absolute Gasteiger partial charge is 0.377 e. The topological polar surface area (TPSA) is 48.3 Å². The van der Waals surface area contributed by atoms with Gasteiger partial charge < -0.3 is 9.64 Å². The van der Waals surface area contributed by atoms with Gasteiger partial charge in [0.15, 0.2) is 0 Å². The van der Waals surface area contributed by atoms with Crippen LogP contribution < -0.4 is 5.32 Å². The first kappa shape index (κ1) is 13.8. The van der Waals surface area contributed by atoms with Crippen LogP contribution in [0.15, 0.2) is 0 Å². The van der Waals surface area contributed by atoms with Gasteiger partial charge in [0.05, 0.1) is 12.2 Å². The maximum Gasteiger partial charge on any atom is 0.109 e. The van der Waals surface area contributed by atoms with Crippen molar-refractivity contribution in [2.45, 2.75) is 57.2 Å². The van der Waals surface area contributed by atoms with E-state index >= 15 is 0 Å². The minimum absolute atomic E-state index is 0.318. The van der Waals surface area contributed by atoms with Gasteiger partial charge in [0, 0.05) is 32.3 Å². The first-order valence-corrected chi connectivity index (χ1v) is 7.17. The third-order valence-electron chi connectivity index (χ3n) is 4.29. The summed E-state index contributed by atoms with van der Waals surface area (Å²) in [6, 6.07) is 3.09. The lowest BCUT2D eigenvalue weighted by Gasteiger charge is -2.40. The van der Waals surface area contributed by atoms with Gasteiger partial charge in [0.2, 0.25) is 0 Å². The van der Waals surface area contributed by atoms with Gasteiger partial charge in [0.25, 0.3) is 0 Å². The van der Waals surface area contributed by atoms with Crippen molar-refractivity contribution >= 4 is 0 Å². The Kier molecular flexibility index (Phi) is 4.60. The first-order chi connectivity index (χ1) is 8.65. The summed E-state index contributed by atoms with van der Waals surface area (Å²) >= 11 is 0. The molecule has 0 radical (unpaired) electrons. The van der Waals surface area contributed by atoms with E-state index in [1.54, 1.807) is 0 Å². The summed E-state index contributed by atoms with van der Waals surface area (Å²) in [5, 5.41) is 12.9. The van der Waals surface area contributed by atoms with Crippen molar-refractivity contribution in [3.63, 3.8) is 0 Å². The summed E-state index contributed by atoms with van der Waals surface area (Å²) in [6.45, 7) is 8.19. The minimum Gasteiger partial charge on any atom is -0.377 e. The predicted molar refractivity (Wildman–Crippen MR) is 71.3 cm³/mol. The zero-order valence-corrected chi connectivity index (χ0v) is 11.6. The van der Waals surface area contributed by atoms with Gasteiger partial charge in [-0.2, -0.15) is 5.26 Å².